The van der Waals surface area contributed by atoms with E-state index in [0.29, 0.717) is 12.1 Å². The lowest BCUT2D eigenvalue weighted by atomic mass is 9.93. The number of nitrogens with zero attached hydrogens (tertiary/aromatic N) is 1. The molecule has 1 fully saturated rings. The number of nitrogens with one attached hydrogen (secondary N) is 1. The molecule has 0 aromatic rings. The second-order valence-corrected chi connectivity index (χ2v) is 3.69. The summed E-state index contributed by atoms with van der Waals surface area (Å²) in [5.41, 5.74) is 3.39. The Kier molecular flexibility index (Phi) is 3.98. The first kappa shape index (κ1) is 9.96. The molecule has 3 nitrogen and oxygen atoms in total. The average Bonchev–Trinajstić information content (AvgIpc) is 2.04. The number of hydrazine groups is 1. The Morgan fingerprint density at radius 2 is 1.92 bits per heavy atom. The predicted molar refractivity (Wildman–Crippen MR) is 49.9 cm³/mol. The highest BCUT2D eigenvalue weighted by molar-refractivity contribution is 4.79. The highest BCUT2D eigenvalue weighted by Gasteiger charge is 2.24. The summed E-state index contributed by atoms with van der Waals surface area (Å²) in [7, 11) is 5.86. The molecule has 0 heterocycles. The van der Waals surface area contributed by atoms with Gasteiger partial charge in [0.25, 0.3) is 0 Å². The maximum Gasteiger partial charge on any atom is 0.0737 e. The van der Waals surface area contributed by atoms with Crippen LogP contribution in [0, 0.1) is 0 Å². The van der Waals surface area contributed by atoms with Crippen LogP contribution in [0.5, 0.6) is 0 Å². The van der Waals surface area contributed by atoms with Gasteiger partial charge in [0.2, 0.25) is 0 Å². The van der Waals surface area contributed by atoms with E-state index in [1.165, 1.54) is 25.7 Å². The van der Waals surface area contributed by atoms with Crippen LogP contribution in [0.1, 0.15) is 25.7 Å². The van der Waals surface area contributed by atoms with Crippen LogP contribution in [0.15, 0.2) is 0 Å². The quantitative estimate of drug-likeness (QED) is 0.643. The molecule has 1 rings (SSSR count). The van der Waals surface area contributed by atoms with Crippen LogP contribution in [0.3, 0.4) is 0 Å². The van der Waals surface area contributed by atoms with Crippen molar-refractivity contribution in [3.8, 4) is 0 Å². The van der Waals surface area contributed by atoms with Crippen molar-refractivity contribution in [1.29, 1.82) is 0 Å². The molecule has 12 heavy (non-hydrogen) atoms. The van der Waals surface area contributed by atoms with Crippen molar-refractivity contribution in [2.45, 2.75) is 37.8 Å². The van der Waals surface area contributed by atoms with Gasteiger partial charge in [-0.1, -0.05) is 12.8 Å². The van der Waals surface area contributed by atoms with Crippen LogP contribution in [0.2, 0.25) is 0 Å². The summed E-state index contributed by atoms with van der Waals surface area (Å²) in [6.45, 7) is 0. The summed E-state index contributed by atoms with van der Waals surface area (Å²) in [5, 5.41) is 2.02. The molecule has 0 aromatic heterocycles. The second-order valence-electron chi connectivity index (χ2n) is 3.69. The van der Waals surface area contributed by atoms with Crippen LogP contribution in [0.4, 0.5) is 0 Å². The summed E-state index contributed by atoms with van der Waals surface area (Å²) >= 11 is 0. The number of hydrogen-bond acceptors (Lipinski definition) is 3. The lowest BCUT2D eigenvalue weighted by molar-refractivity contribution is 0.0188. The van der Waals surface area contributed by atoms with E-state index in [9.17, 15) is 0 Å². The van der Waals surface area contributed by atoms with Crippen molar-refractivity contribution in [2.75, 3.05) is 21.2 Å². The highest BCUT2D eigenvalue weighted by atomic mass is 16.5. The van der Waals surface area contributed by atoms with E-state index in [0.717, 1.165) is 0 Å². The number of hydrogen-bond donors (Lipinski definition) is 1. The van der Waals surface area contributed by atoms with Crippen molar-refractivity contribution >= 4 is 0 Å². The zero-order valence-corrected chi connectivity index (χ0v) is 8.34. The topological polar surface area (TPSA) is 24.5 Å². The third-order valence-electron chi connectivity index (χ3n) is 2.43. The molecule has 0 spiro atoms. The molecule has 1 aliphatic rings. The lowest BCUT2D eigenvalue weighted by Gasteiger charge is -2.33. The Morgan fingerprint density at radius 1 is 1.25 bits per heavy atom. The molecule has 2 unspecified atom stereocenters. The lowest BCUT2D eigenvalue weighted by Crippen LogP contribution is -2.48. The van der Waals surface area contributed by atoms with Crippen molar-refractivity contribution in [3.63, 3.8) is 0 Å². The average molecular weight is 172 g/mol. The van der Waals surface area contributed by atoms with Crippen molar-refractivity contribution in [3.05, 3.63) is 0 Å². The monoisotopic (exact) mass is 172 g/mol. The van der Waals surface area contributed by atoms with E-state index in [1.54, 1.807) is 7.11 Å². The van der Waals surface area contributed by atoms with Gasteiger partial charge in [-0.05, 0) is 12.8 Å². The van der Waals surface area contributed by atoms with Gasteiger partial charge in [0.15, 0.2) is 0 Å². The van der Waals surface area contributed by atoms with E-state index in [4.69, 9.17) is 4.74 Å². The minimum atomic E-state index is 0.404. The number of rotatable bonds is 3. The molecule has 0 radical (unpaired) electrons. The minimum absolute atomic E-state index is 0.404. The Labute approximate surface area is 75.0 Å². The summed E-state index contributed by atoms with van der Waals surface area (Å²) < 4.78 is 5.42. The third kappa shape index (κ3) is 2.73. The number of ether oxygens (including phenoxy) is 1. The molecule has 1 N–H and O–H groups in total. The van der Waals surface area contributed by atoms with Crippen LogP contribution < -0.4 is 5.43 Å². The smallest absolute Gasteiger partial charge is 0.0737 e. The minimum Gasteiger partial charge on any atom is -0.380 e. The maximum absolute atomic E-state index is 5.42. The Hall–Kier alpha value is -0.120. The number of methoxy groups -OCH3 is 1. The van der Waals surface area contributed by atoms with Gasteiger partial charge in [-0.2, -0.15) is 0 Å². The first-order chi connectivity index (χ1) is 5.74. The van der Waals surface area contributed by atoms with E-state index in [1.807, 2.05) is 19.1 Å². The van der Waals surface area contributed by atoms with Gasteiger partial charge in [0.05, 0.1) is 6.10 Å². The summed E-state index contributed by atoms with van der Waals surface area (Å²) in [4.78, 5) is 0. The standard InChI is InChI=1S/C9H20N2O/c1-11(2)10-8-6-4-5-7-9(8)12-3/h8-10H,4-7H2,1-3H3. The Bertz CT molecular complexity index is 128. The van der Waals surface area contributed by atoms with Gasteiger partial charge in [0.1, 0.15) is 0 Å². The molecule has 1 aliphatic carbocycles. The molecule has 0 bridgehead atoms. The van der Waals surface area contributed by atoms with Crippen molar-refractivity contribution < 1.29 is 4.74 Å². The zero-order chi connectivity index (χ0) is 8.97. The zero-order valence-electron chi connectivity index (χ0n) is 8.34. The van der Waals surface area contributed by atoms with Crippen LogP contribution >= 0.6 is 0 Å². The van der Waals surface area contributed by atoms with Crippen molar-refractivity contribution in [2.24, 2.45) is 0 Å². The molecule has 3 heteroatoms. The summed E-state index contributed by atoms with van der Waals surface area (Å²) in [6.07, 6.45) is 5.47. The summed E-state index contributed by atoms with van der Waals surface area (Å²) in [6, 6.07) is 0.513. The molecule has 1 saturated carbocycles. The van der Waals surface area contributed by atoms with Crippen molar-refractivity contribution in [1.82, 2.24) is 10.4 Å². The maximum atomic E-state index is 5.42. The first-order valence-electron chi connectivity index (χ1n) is 4.70. The SMILES string of the molecule is COC1CCCCC1NN(C)C. The third-order valence-corrected chi connectivity index (χ3v) is 2.43. The second kappa shape index (κ2) is 4.80. The van der Waals surface area contributed by atoms with Gasteiger partial charge in [-0.15, -0.1) is 0 Å². The van der Waals surface area contributed by atoms with Gasteiger partial charge in [-0.3, -0.25) is 10.4 Å². The fourth-order valence-electron chi connectivity index (χ4n) is 1.86. The molecule has 2 atom stereocenters. The first-order valence-corrected chi connectivity index (χ1v) is 4.70. The van der Waals surface area contributed by atoms with E-state index < -0.39 is 0 Å². The fraction of sp³-hybridized carbons (Fsp3) is 1.00. The predicted octanol–water partition coefficient (Wildman–Crippen LogP) is 1.01. The molecule has 0 amide bonds. The van der Waals surface area contributed by atoms with Crippen LogP contribution in [0.25, 0.3) is 0 Å². The van der Waals surface area contributed by atoms with Crippen LogP contribution in [-0.4, -0.2) is 38.4 Å². The van der Waals surface area contributed by atoms with Gasteiger partial charge < -0.3 is 4.74 Å². The van der Waals surface area contributed by atoms with E-state index in [-0.39, 0.29) is 0 Å². The molecular weight excluding hydrogens is 152 g/mol. The summed E-state index contributed by atoms with van der Waals surface area (Å²) in [5.74, 6) is 0. The normalized spacial score (nSPS) is 31.0. The van der Waals surface area contributed by atoms with Gasteiger partial charge in [-0.25, -0.2) is 0 Å². The fourth-order valence-corrected chi connectivity index (χ4v) is 1.86. The highest BCUT2D eigenvalue weighted by Crippen LogP contribution is 2.20. The molecular formula is C9H20N2O. The molecule has 0 aliphatic heterocycles. The Balaban J connectivity index is 2.36. The van der Waals surface area contributed by atoms with E-state index >= 15 is 0 Å². The largest absolute Gasteiger partial charge is 0.380 e. The van der Waals surface area contributed by atoms with Gasteiger partial charge >= 0.3 is 0 Å². The molecule has 0 aromatic carbocycles. The Morgan fingerprint density at radius 3 is 2.50 bits per heavy atom. The molecule has 72 valence electrons. The van der Waals surface area contributed by atoms with E-state index in [2.05, 4.69) is 5.43 Å². The van der Waals surface area contributed by atoms with Crippen LogP contribution in [-0.2, 0) is 4.74 Å². The molecule has 0 saturated heterocycles. The van der Waals surface area contributed by atoms with Gasteiger partial charge in [0, 0.05) is 27.2 Å².